The number of rotatable bonds is 1. The molecule has 0 saturated carbocycles. The molecule has 150 valence electrons. The second kappa shape index (κ2) is 5.90. The first kappa shape index (κ1) is 18.7. The van der Waals surface area contributed by atoms with Gasteiger partial charge in [-0.1, -0.05) is 30.3 Å². The molecule has 2 aliphatic rings. The molecule has 1 aromatic heterocycles. The number of barbiturate groups is 1. The van der Waals surface area contributed by atoms with Gasteiger partial charge in [0.1, 0.15) is 0 Å². The van der Waals surface area contributed by atoms with Gasteiger partial charge in [0.25, 0.3) is 23.0 Å². The first-order chi connectivity index (χ1) is 13.6. The van der Waals surface area contributed by atoms with Crippen molar-refractivity contribution >= 4 is 17.8 Å². The number of hydrogen-bond donors (Lipinski definition) is 0. The number of amides is 4. The first-order valence-corrected chi connectivity index (χ1v) is 8.78. The van der Waals surface area contributed by atoms with Crippen molar-refractivity contribution in [2.75, 3.05) is 14.1 Å². The molecule has 3 heterocycles. The fourth-order valence-electron chi connectivity index (χ4n) is 4.01. The Labute approximate surface area is 164 Å². The summed E-state index contributed by atoms with van der Waals surface area (Å²) in [5, 5.41) is 0. The van der Waals surface area contributed by atoms with E-state index in [1.807, 2.05) is 0 Å². The van der Waals surface area contributed by atoms with E-state index < -0.39 is 40.6 Å². The monoisotopic (exact) mass is 398 g/mol. The maximum absolute atomic E-state index is 13.3. The lowest BCUT2D eigenvalue weighted by Gasteiger charge is -2.41. The zero-order chi connectivity index (χ0) is 21.2. The van der Waals surface area contributed by atoms with Crippen molar-refractivity contribution in [2.45, 2.75) is 11.5 Å². The summed E-state index contributed by atoms with van der Waals surface area (Å²) >= 11 is 0. The van der Waals surface area contributed by atoms with Crippen LogP contribution in [0.1, 0.15) is 17.0 Å². The molecule has 0 N–H and O–H groups in total. The molecule has 4 amide bonds. The van der Waals surface area contributed by atoms with Crippen molar-refractivity contribution in [1.82, 2.24) is 18.9 Å². The van der Waals surface area contributed by atoms with Crippen LogP contribution in [0.5, 0.6) is 5.88 Å². The number of ether oxygens (including phenoxy) is 1. The summed E-state index contributed by atoms with van der Waals surface area (Å²) in [7, 11) is 5.17. The average molecular weight is 398 g/mol. The van der Waals surface area contributed by atoms with E-state index in [-0.39, 0.29) is 11.4 Å². The van der Waals surface area contributed by atoms with E-state index in [0.29, 0.717) is 5.56 Å². The Morgan fingerprint density at radius 1 is 0.828 bits per heavy atom. The highest BCUT2D eigenvalue weighted by molar-refractivity contribution is 6.22. The zero-order valence-electron chi connectivity index (χ0n) is 16.2. The number of imide groups is 2. The molecular formula is C19H18N4O6. The van der Waals surface area contributed by atoms with E-state index >= 15 is 0 Å². The molecule has 4 rings (SSSR count). The predicted octanol–water partition coefficient (Wildman–Crippen LogP) is -0.602. The molecule has 10 nitrogen and oxygen atoms in total. The largest absolute Gasteiger partial charge is 0.450 e. The number of nitrogens with zero attached hydrogens (tertiary/aromatic N) is 4. The SMILES string of the molecule is CN1C(=O)N(C)C(=O)C2(Oc3c(c(=O)n(C)c(=O)n3C)[C@@H]2c2ccccc2)C1=O. The standard InChI is InChI=1S/C19H18N4O6/c1-20-13(24)11-12(10-8-6-5-7-9-10)19(29-14(11)21(2)17(20)27)15(25)22(3)18(28)23(4)16(19)26/h5-9,12H,1-4H3/t12-/m0/s1. The van der Waals surface area contributed by atoms with Crippen LogP contribution in [0, 0.1) is 0 Å². The number of likely N-dealkylation sites (N-methyl/N-ethyl adjacent to an activating group) is 2. The van der Waals surface area contributed by atoms with Crippen molar-refractivity contribution in [3.8, 4) is 5.88 Å². The number of benzene rings is 1. The van der Waals surface area contributed by atoms with Crippen LogP contribution >= 0.6 is 0 Å². The van der Waals surface area contributed by atoms with Crippen molar-refractivity contribution in [1.29, 1.82) is 0 Å². The quantitative estimate of drug-likeness (QED) is 0.593. The van der Waals surface area contributed by atoms with E-state index in [1.165, 1.54) is 28.2 Å². The second-order valence-electron chi connectivity index (χ2n) is 7.12. The third-order valence-corrected chi connectivity index (χ3v) is 5.55. The summed E-state index contributed by atoms with van der Waals surface area (Å²) in [6, 6.07) is 7.66. The topological polar surface area (TPSA) is 111 Å². The molecule has 0 aliphatic carbocycles. The minimum absolute atomic E-state index is 0.0126. The van der Waals surface area contributed by atoms with Crippen LogP contribution in [0.4, 0.5) is 4.79 Å². The van der Waals surface area contributed by atoms with Crippen molar-refractivity contribution in [2.24, 2.45) is 14.1 Å². The molecule has 10 heteroatoms. The summed E-state index contributed by atoms with van der Waals surface area (Å²) in [4.78, 5) is 65.9. The van der Waals surface area contributed by atoms with Crippen molar-refractivity contribution in [3.05, 3.63) is 62.3 Å². The summed E-state index contributed by atoms with van der Waals surface area (Å²) in [5.74, 6) is -3.10. The minimum Gasteiger partial charge on any atom is -0.450 e. The van der Waals surface area contributed by atoms with Crippen molar-refractivity contribution < 1.29 is 19.1 Å². The summed E-state index contributed by atoms with van der Waals surface area (Å²) in [6.07, 6.45) is 0. The first-order valence-electron chi connectivity index (χ1n) is 8.78. The van der Waals surface area contributed by atoms with Crippen LogP contribution in [0.25, 0.3) is 0 Å². The van der Waals surface area contributed by atoms with Crippen LogP contribution in [0.15, 0.2) is 39.9 Å². The molecule has 2 aromatic rings. The maximum atomic E-state index is 13.3. The van der Waals surface area contributed by atoms with E-state index in [0.717, 1.165) is 18.9 Å². The fourth-order valence-corrected chi connectivity index (χ4v) is 4.01. The molecule has 29 heavy (non-hydrogen) atoms. The van der Waals surface area contributed by atoms with Gasteiger partial charge in [0.15, 0.2) is 0 Å². The van der Waals surface area contributed by atoms with E-state index in [2.05, 4.69) is 0 Å². The van der Waals surface area contributed by atoms with Gasteiger partial charge in [0.2, 0.25) is 5.88 Å². The molecule has 0 unspecified atom stereocenters. The minimum atomic E-state index is -2.21. The average Bonchev–Trinajstić information content (AvgIpc) is 3.10. The Balaban J connectivity index is 2.12. The Hall–Kier alpha value is -3.69. The fraction of sp³-hybridized carbons (Fsp3) is 0.316. The predicted molar refractivity (Wildman–Crippen MR) is 99.5 cm³/mol. The number of urea groups is 1. The highest BCUT2D eigenvalue weighted by Gasteiger charge is 2.67. The van der Waals surface area contributed by atoms with Crippen LogP contribution in [0.3, 0.4) is 0 Å². The van der Waals surface area contributed by atoms with Crippen LogP contribution in [0.2, 0.25) is 0 Å². The zero-order valence-corrected chi connectivity index (χ0v) is 16.2. The summed E-state index contributed by atoms with van der Waals surface area (Å²) in [6.45, 7) is 0. The summed E-state index contributed by atoms with van der Waals surface area (Å²) < 4.78 is 7.86. The highest BCUT2D eigenvalue weighted by Crippen LogP contribution is 2.49. The molecular weight excluding hydrogens is 380 g/mol. The Morgan fingerprint density at radius 3 is 1.93 bits per heavy atom. The van der Waals surface area contributed by atoms with Crippen LogP contribution in [-0.4, -0.2) is 56.5 Å². The van der Waals surface area contributed by atoms with Gasteiger partial charge in [0.05, 0.1) is 11.5 Å². The molecule has 1 spiro atoms. The normalized spacial score (nSPS) is 20.3. The van der Waals surface area contributed by atoms with Gasteiger partial charge in [-0.15, -0.1) is 0 Å². The van der Waals surface area contributed by atoms with Gasteiger partial charge < -0.3 is 4.74 Å². The van der Waals surface area contributed by atoms with E-state index in [1.54, 1.807) is 30.3 Å². The number of aromatic nitrogens is 2. The van der Waals surface area contributed by atoms with Gasteiger partial charge in [-0.25, -0.2) is 9.59 Å². The number of fused-ring (bicyclic) bond motifs is 1. The van der Waals surface area contributed by atoms with Gasteiger partial charge in [-0.3, -0.25) is 33.3 Å². The molecule has 1 saturated heterocycles. The molecule has 1 atom stereocenters. The molecule has 0 bridgehead atoms. The summed E-state index contributed by atoms with van der Waals surface area (Å²) in [5.41, 5.74) is -3.06. The molecule has 1 aromatic carbocycles. The van der Waals surface area contributed by atoms with E-state index in [9.17, 15) is 24.0 Å². The van der Waals surface area contributed by atoms with E-state index in [4.69, 9.17) is 4.74 Å². The Bertz CT molecular complexity index is 1170. The van der Waals surface area contributed by atoms with Gasteiger partial charge in [-0.05, 0) is 5.56 Å². The molecule has 0 radical (unpaired) electrons. The Kier molecular flexibility index (Phi) is 3.80. The van der Waals surface area contributed by atoms with Crippen molar-refractivity contribution in [3.63, 3.8) is 0 Å². The third kappa shape index (κ3) is 2.13. The second-order valence-corrected chi connectivity index (χ2v) is 7.12. The van der Waals surface area contributed by atoms with Gasteiger partial charge in [0, 0.05) is 28.2 Å². The molecule has 1 fully saturated rings. The van der Waals surface area contributed by atoms with Crippen LogP contribution < -0.4 is 16.0 Å². The lowest BCUT2D eigenvalue weighted by molar-refractivity contribution is -0.164. The highest BCUT2D eigenvalue weighted by atomic mass is 16.5. The number of carbonyl (C=O) groups excluding carboxylic acids is 3. The smallest absolute Gasteiger partial charge is 0.333 e. The lowest BCUT2D eigenvalue weighted by Crippen LogP contribution is -2.70. The third-order valence-electron chi connectivity index (χ3n) is 5.55. The maximum Gasteiger partial charge on any atom is 0.333 e. The van der Waals surface area contributed by atoms with Gasteiger partial charge in [-0.2, -0.15) is 0 Å². The van der Waals surface area contributed by atoms with Crippen LogP contribution in [-0.2, 0) is 23.7 Å². The number of carbonyl (C=O) groups is 3. The Morgan fingerprint density at radius 2 is 1.38 bits per heavy atom. The lowest BCUT2D eigenvalue weighted by atomic mass is 9.77. The number of hydrogen-bond acceptors (Lipinski definition) is 6. The molecule has 2 aliphatic heterocycles. The van der Waals surface area contributed by atoms with Gasteiger partial charge >= 0.3 is 11.7 Å².